The highest BCUT2D eigenvalue weighted by Gasteiger charge is 2.19. The highest BCUT2D eigenvalue weighted by atomic mass is 35.5. The molecule has 0 fully saturated rings. The predicted molar refractivity (Wildman–Crippen MR) is 74.5 cm³/mol. The van der Waals surface area contributed by atoms with Crippen molar-refractivity contribution in [2.24, 2.45) is 0 Å². The van der Waals surface area contributed by atoms with Gasteiger partial charge in [0, 0.05) is 16.8 Å². The predicted octanol–water partition coefficient (Wildman–Crippen LogP) is 3.70. The van der Waals surface area contributed by atoms with Crippen molar-refractivity contribution in [1.29, 1.82) is 0 Å². The zero-order valence-electron chi connectivity index (χ0n) is 9.21. The van der Waals surface area contributed by atoms with E-state index in [1.54, 1.807) is 0 Å². The molecular formula is C12H6Cl3NO3. The molecule has 0 saturated heterocycles. The highest BCUT2D eigenvalue weighted by Crippen LogP contribution is 2.36. The van der Waals surface area contributed by atoms with Crippen LogP contribution in [0.25, 0.3) is 11.1 Å². The Bertz CT molecular complexity index is 725. The number of halogens is 3. The highest BCUT2D eigenvalue weighted by molar-refractivity contribution is 6.45. The van der Waals surface area contributed by atoms with E-state index in [4.69, 9.17) is 39.9 Å². The molecule has 0 atom stereocenters. The van der Waals surface area contributed by atoms with Crippen molar-refractivity contribution in [1.82, 2.24) is 4.98 Å². The van der Waals surface area contributed by atoms with Gasteiger partial charge in [-0.2, -0.15) is 0 Å². The third kappa shape index (κ3) is 2.61. The van der Waals surface area contributed by atoms with Gasteiger partial charge in [-0.3, -0.25) is 4.79 Å². The lowest BCUT2D eigenvalue weighted by atomic mass is 10.0. The summed E-state index contributed by atoms with van der Waals surface area (Å²) in [5.74, 6) is -1.24. The molecule has 0 spiro atoms. The average molecular weight is 319 g/mol. The molecule has 98 valence electrons. The molecule has 0 radical (unpaired) electrons. The summed E-state index contributed by atoms with van der Waals surface area (Å²) in [5.41, 5.74) is -0.660. The number of carbonyl (C=O) groups is 1. The minimum Gasteiger partial charge on any atom is -0.478 e. The maximum absolute atomic E-state index is 11.9. The molecule has 2 N–H and O–H groups in total. The second-order valence-corrected chi connectivity index (χ2v) is 4.87. The minimum atomic E-state index is -1.24. The summed E-state index contributed by atoms with van der Waals surface area (Å²) in [4.78, 5) is 25.4. The summed E-state index contributed by atoms with van der Waals surface area (Å²) < 4.78 is 0. The summed E-state index contributed by atoms with van der Waals surface area (Å²) in [6.45, 7) is 0. The Hall–Kier alpha value is -1.49. The number of carboxylic acids is 1. The molecule has 19 heavy (non-hydrogen) atoms. The van der Waals surface area contributed by atoms with E-state index in [1.807, 2.05) is 0 Å². The van der Waals surface area contributed by atoms with Crippen LogP contribution in [0, 0.1) is 0 Å². The van der Waals surface area contributed by atoms with Gasteiger partial charge in [0.1, 0.15) is 0 Å². The van der Waals surface area contributed by atoms with Gasteiger partial charge in [-0.25, -0.2) is 4.79 Å². The molecular weight excluding hydrogens is 312 g/mol. The Morgan fingerprint density at radius 2 is 1.89 bits per heavy atom. The Kier molecular flexibility index (Phi) is 3.85. The van der Waals surface area contributed by atoms with Crippen molar-refractivity contribution in [3.63, 3.8) is 0 Å². The maximum Gasteiger partial charge on any atom is 0.336 e. The topological polar surface area (TPSA) is 70.2 Å². The van der Waals surface area contributed by atoms with Gasteiger partial charge in [-0.15, -0.1) is 0 Å². The largest absolute Gasteiger partial charge is 0.478 e. The number of carboxylic acid groups (broad SMARTS) is 1. The minimum absolute atomic E-state index is 0.0743. The lowest BCUT2D eigenvalue weighted by Crippen LogP contribution is -2.14. The monoisotopic (exact) mass is 317 g/mol. The van der Waals surface area contributed by atoms with Crippen LogP contribution in [0.5, 0.6) is 0 Å². The summed E-state index contributed by atoms with van der Waals surface area (Å²) in [6.07, 6.45) is 1.25. The number of aromatic nitrogens is 1. The molecule has 0 bridgehead atoms. The normalized spacial score (nSPS) is 10.5. The Morgan fingerprint density at radius 3 is 2.53 bits per heavy atom. The number of aromatic amines is 1. The average Bonchev–Trinajstić information content (AvgIpc) is 2.33. The van der Waals surface area contributed by atoms with Crippen LogP contribution < -0.4 is 5.56 Å². The molecule has 0 aliphatic heterocycles. The summed E-state index contributed by atoms with van der Waals surface area (Å²) >= 11 is 17.7. The number of hydrogen-bond donors (Lipinski definition) is 2. The molecule has 1 aromatic heterocycles. The van der Waals surface area contributed by atoms with E-state index in [0.29, 0.717) is 0 Å². The molecule has 0 amide bonds. The Morgan fingerprint density at radius 1 is 1.21 bits per heavy atom. The van der Waals surface area contributed by atoms with Crippen LogP contribution in [0.4, 0.5) is 0 Å². The first-order chi connectivity index (χ1) is 8.91. The van der Waals surface area contributed by atoms with Crippen LogP contribution in [0.3, 0.4) is 0 Å². The fourth-order valence-electron chi connectivity index (χ4n) is 1.66. The van der Waals surface area contributed by atoms with Crippen LogP contribution in [0.2, 0.25) is 15.1 Å². The molecule has 1 aromatic carbocycles. The number of benzene rings is 1. The van der Waals surface area contributed by atoms with E-state index < -0.39 is 11.5 Å². The summed E-state index contributed by atoms with van der Waals surface area (Å²) in [7, 11) is 0. The number of rotatable bonds is 2. The molecule has 2 rings (SSSR count). The summed E-state index contributed by atoms with van der Waals surface area (Å²) in [6, 6.07) is 4.07. The van der Waals surface area contributed by atoms with E-state index in [0.717, 1.165) is 0 Å². The number of hydrogen-bond acceptors (Lipinski definition) is 2. The number of pyridine rings is 1. The van der Waals surface area contributed by atoms with Crippen LogP contribution in [0.15, 0.2) is 29.2 Å². The van der Waals surface area contributed by atoms with Gasteiger partial charge in [-0.1, -0.05) is 34.8 Å². The second kappa shape index (κ2) is 5.25. The van der Waals surface area contributed by atoms with Crippen LogP contribution in [-0.4, -0.2) is 16.1 Å². The number of aromatic carboxylic acids is 1. The van der Waals surface area contributed by atoms with E-state index in [9.17, 15) is 9.59 Å². The molecule has 0 unspecified atom stereocenters. The van der Waals surface area contributed by atoms with E-state index in [-0.39, 0.29) is 31.8 Å². The van der Waals surface area contributed by atoms with Gasteiger partial charge in [-0.05, 0) is 18.2 Å². The van der Waals surface area contributed by atoms with Gasteiger partial charge in [0.2, 0.25) is 0 Å². The van der Waals surface area contributed by atoms with Crippen LogP contribution in [0.1, 0.15) is 10.4 Å². The van der Waals surface area contributed by atoms with Crippen molar-refractivity contribution in [3.05, 3.63) is 55.4 Å². The van der Waals surface area contributed by atoms with Crippen molar-refractivity contribution < 1.29 is 9.90 Å². The molecule has 0 aliphatic rings. The van der Waals surface area contributed by atoms with Crippen LogP contribution >= 0.6 is 34.8 Å². The molecule has 1 heterocycles. The molecule has 4 nitrogen and oxygen atoms in total. The maximum atomic E-state index is 11.9. The SMILES string of the molecule is O=C(O)c1cc[nH]c(=O)c1-c1cc(Cl)cc(Cl)c1Cl. The van der Waals surface area contributed by atoms with E-state index >= 15 is 0 Å². The number of H-pyrrole nitrogens is 1. The summed E-state index contributed by atoms with van der Waals surface area (Å²) in [5, 5.41) is 9.59. The van der Waals surface area contributed by atoms with Gasteiger partial charge in [0.05, 0.1) is 21.2 Å². The first-order valence-electron chi connectivity index (χ1n) is 5.01. The quantitative estimate of drug-likeness (QED) is 0.829. The fourth-order valence-corrected chi connectivity index (χ4v) is 2.36. The van der Waals surface area contributed by atoms with Gasteiger partial charge >= 0.3 is 5.97 Å². The van der Waals surface area contributed by atoms with Gasteiger partial charge < -0.3 is 10.1 Å². The lowest BCUT2D eigenvalue weighted by Gasteiger charge is -2.09. The third-order valence-electron chi connectivity index (χ3n) is 2.45. The molecule has 7 heteroatoms. The van der Waals surface area contributed by atoms with Crippen molar-refractivity contribution >= 4 is 40.8 Å². The molecule has 2 aromatic rings. The van der Waals surface area contributed by atoms with Crippen molar-refractivity contribution in [2.45, 2.75) is 0 Å². The van der Waals surface area contributed by atoms with E-state index in [1.165, 1.54) is 24.4 Å². The Labute approximate surface area is 122 Å². The lowest BCUT2D eigenvalue weighted by molar-refractivity contribution is 0.0697. The van der Waals surface area contributed by atoms with Gasteiger partial charge in [0.25, 0.3) is 5.56 Å². The third-order valence-corrected chi connectivity index (χ3v) is 3.47. The van der Waals surface area contributed by atoms with E-state index in [2.05, 4.69) is 4.98 Å². The molecule has 0 saturated carbocycles. The van der Waals surface area contributed by atoms with Crippen LogP contribution in [-0.2, 0) is 0 Å². The molecule has 0 aliphatic carbocycles. The first kappa shape index (κ1) is 13.9. The zero-order valence-corrected chi connectivity index (χ0v) is 11.5. The standard InChI is InChI=1S/C12H6Cl3NO3/c13-5-3-7(10(15)8(14)4-5)9-6(12(18)19)1-2-16-11(9)17/h1-4H,(H,16,17)(H,18,19). The van der Waals surface area contributed by atoms with Crippen molar-refractivity contribution in [3.8, 4) is 11.1 Å². The zero-order chi connectivity index (χ0) is 14.2. The van der Waals surface area contributed by atoms with Crippen molar-refractivity contribution in [2.75, 3.05) is 0 Å². The number of nitrogens with one attached hydrogen (secondary N) is 1. The fraction of sp³-hybridized carbons (Fsp3) is 0. The second-order valence-electron chi connectivity index (χ2n) is 3.65. The van der Waals surface area contributed by atoms with Gasteiger partial charge in [0.15, 0.2) is 0 Å². The Balaban J connectivity index is 2.87. The smallest absolute Gasteiger partial charge is 0.336 e. The first-order valence-corrected chi connectivity index (χ1v) is 6.15.